The second-order valence-corrected chi connectivity index (χ2v) is 3.62. The van der Waals surface area contributed by atoms with Gasteiger partial charge in [-0.15, -0.1) is 0 Å². The van der Waals surface area contributed by atoms with Crippen LogP contribution in [0.2, 0.25) is 0 Å². The summed E-state index contributed by atoms with van der Waals surface area (Å²) < 4.78 is 15.7. The lowest BCUT2D eigenvalue weighted by Gasteiger charge is -2.08. The van der Waals surface area contributed by atoms with Crippen LogP contribution in [0, 0.1) is 0 Å². The molecule has 0 saturated heterocycles. The smallest absolute Gasteiger partial charge is 0.122 e. The molecular weight excluding hydrogens is 218 g/mol. The first-order valence-corrected chi connectivity index (χ1v) is 5.83. The van der Waals surface area contributed by atoms with Gasteiger partial charge < -0.3 is 19.5 Å². The third kappa shape index (κ3) is 6.14. The van der Waals surface area contributed by atoms with Gasteiger partial charge in [-0.05, 0) is 25.1 Å². The van der Waals surface area contributed by atoms with Gasteiger partial charge in [0.25, 0.3) is 0 Å². The molecule has 0 radical (unpaired) electrons. The maximum atomic E-state index is 5.60. The highest BCUT2D eigenvalue weighted by Crippen LogP contribution is 2.18. The minimum Gasteiger partial charge on any atom is -0.497 e. The van der Waals surface area contributed by atoms with E-state index in [-0.39, 0.29) is 0 Å². The standard InChI is InChI=1S/C13H21NO3/c1-15-10-8-14-7-4-9-17-13-6-3-5-12(11-13)16-2/h3,5-6,11,14H,4,7-10H2,1-2H3. The van der Waals surface area contributed by atoms with Crippen molar-refractivity contribution in [3.8, 4) is 11.5 Å². The van der Waals surface area contributed by atoms with Crippen molar-refractivity contribution in [2.45, 2.75) is 6.42 Å². The minimum absolute atomic E-state index is 0.702. The van der Waals surface area contributed by atoms with Crippen molar-refractivity contribution >= 4 is 0 Å². The zero-order chi connectivity index (χ0) is 12.3. The molecule has 0 atom stereocenters. The molecule has 1 aromatic carbocycles. The van der Waals surface area contributed by atoms with Crippen LogP contribution in [0.25, 0.3) is 0 Å². The number of methoxy groups -OCH3 is 2. The molecule has 1 aromatic rings. The van der Waals surface area contributed by atoms with E-state index in [4.69, 9.17) is 14.2 Å². The van der Waals surface area contributed by atoms with E-state index in [0.29, 0.717) is 6.61 Å². The lowest BCUT2D eigenvalue weighted by molar-refractivity contribution is 0.198. The number of rotatable bonds is 9. The molecule has 0 fully saturated rings. The Morgan fingerprint density at radius 2 is 1.88 bits per heavy atom. The van der Waals surface area contributed by atoms with Crippen molar-refractivity contribution in [3.05, 3.63) is 24.3 Å². The zero-order valence-corrected chi connectivity index (χ0v) is 10.6. The maximum Gasteiger partial charge on any atom is 0.122 e. The van der Waals surface area contributed by atoms with Gasteiger partial charge in [0.1, 0.15) is 11.5 Å². The fourth-order valence-electron chi connectivity index (χ4n) is 1.38. The molecular formula is C13H21NO3. The Kier molecular flexibility index (Phi) is 7.18. The molecule has 0 aliphatic carbocycles. The van der Waals surface area contributed by atoms with Crippen LogP contribution in [-0.2, 0) is 4.74 Å². The Hall–Kier alpha value is -1.26. The summed E-state index contributed by atoms with van der Waals surface area (Å²) in [5.41, 5.74) is 0. The first-order valence-electron chi connectivity index (χ1n) is 5.83. The number of hydrogen-bond acceptors (Lipinski definition) is 4. The SMILES string of the molecule is COCCNCCCOc1cccc(OC)c1. The summed E-state index contributed by atoms with van der Waals surface area (Å²) in [4.78, 5) is 0. The summed E-state index contributed by atoms with van der Waals surface area (Å²) in [6.45, 7) is 3.27. The van der Waals surface area contributed by atoms with Crippen LogP contribution in [0.1, 0.15) is 6.42 Å². The Morgan fingerprint density at radius 3 is 2.65 bits per heavy atom. The quantitative estimate of drug-likeness (QED) is 0.666. The summed E-state index contributed by atoms with van der Waals surface area (Å²) in [5.74, 6) is 1.67. The van der Waals surface area contributed by atoms with Crippen molar-refractivity contribution in [2.24, 2.45) is 0 Å². The highest BCUT2D eigenvalue weighted by Gasteiger charge is 1.96. The van der Waals surface area contributed by atoms with Gasteiger partial charge in [0.05, 0.1) is 20.3 Å². The Bertz CT molecular complexity index is 304. The van der Waals surface area contributed by atoms with Crippen LogP contribution in [-0.4, -0.2) is 40.5 Å². The molecule has 96 valence electrons. The zero-order valence-electron chi connectivity index (χ0n) is 10.6. The normalized spacial score (nSPS) is 10.2. The maximum absolute atomic E-state index is 5.60. The molecule has 0 heterocycles. The highest BCUT2D eigenvalue weighted by molar-refractivity contribution is 5.32. The van der Waals surface area contributed by atoms with Crippen LogP contribution in [0.3, 0.4) is 0 Å². The predicted octanol–water partition coefficient (Wildman–Crippen LogP) is 1.70. The van der Waals surface area contributed by atoms with E-state index >= 15 is 0 Å². The van der Waals surface area contributed by atoms with Gasteiger partial charge in [0, 0.05) is 19.7 Å². The van der Waals surface area contributed by atoms with Crippen LogP contribution in [0.4, 0.5) is 0 Å². The van der Waals surface area contributed by atoms with E-state index in [1.165, 1.54) is 0 Å². The average Bonchev–Trinajstić information content (AvgIpc) is 2.38. The van der Waals surface area contributed by atoms with Gasteiger partial charge in [0.2, 0.25) is 0 Å². The van der Waals surface area contributed by atoms with Gasteiger partial charge >= 0.3 is 0 Å². The Morgan fingerprint density at radius 1 is 1.06 bits per heavy atom. The van der Waals surface area contributed by atoms with E-state index < -0.39 is 0 Å². The second-order valence-electron chi connectivity index (χ2n) is 3.62. The van der Waals surface area contributed by atoms with E-state index in [1.807, 2.05) is 24.3 Å². The fraction of sp³-hybridized carbons (Fsp3) is 0.538. The molecule has 0 bridgehead atoms. The molecule has 0 aliphatic heterocycles. The molecule has 0 aromatic heterocycles. The predicted molar refractivity (Wildman–Crippen MR) is 67.9 cm³/mol. The molecule has 0 saturated carbocycles. The van der Waals surface area contributed by atoms with E-state index in [9.17, 15) is 0 Å². The molecule has 0 amide bonds. The van der Waals surface area contributed by atoms with Crippen molar-refractivity contribution in [2.75, 3.05) is 40.5 Å². The monoisotopic (exact) mass is 239 g/mol. The van der Waals surface area contributed by atoms with Gasteiger partial charge in [-0.2, -0.15) is 0 Å². The van der Waals surface area contributed by atoms with Gasteiger partial charge in [0.15, 0.2) is 0 Å². The molecule has 1 N–H and O–H groups in total. The van der Waals surface area contributed by atoms with E-state index in [2.05, 4.69) is 5.32 Å². The highest BCUT2D eigenvalue weighted by atomic mass is 16.5. The first-order chi connectivity index (χ1) is 8.36. The van der Waals surface area contributed by atoms with Gasteiger partial charge in [-0.25, -0.2) is 0 Å². The lowest BCUT2D eigenvalue weighted by Crippen LogP contribution is -2.21. The Labute approximate surface area is 103 Å². The summed E-state index contributed by atoms with van der Waals surface area (Å²) >= 11 is 0. The van der Waals surface area contributed by atoms with E-state index in [1.54, 1.807) is 14.2 Å². The molecule has 0 aliphatic rings. The van der Waals surface area contributed by atoms with Crippen molar-refractivity contribution in [1.82, 2.24) is 5.32 Å². The molecule has 4 heteroatoms. The van der Waals surface area contributed by atoms with Gasteiger partial charge in [-0.1, -0.05) is 6.07 Å². The first kappa shape index (κ1) is 13.8. The topological polar surface area (TPSA) is 39.7 Å². The fourth-order valence-corrected chi connectivity index (χ4v) is 1.38. The average molecular weight is 239 g/mol. The van der Waals surface area contributed by atoms with Crippen LogP contribution < -0.4 is 14.8 Å². The van der Waals surface area contributed by atoms with Crippen molar-refractivity contribution in [1.29, 1.82) is 0 Å². The second kappa shape index (κ2) is 8.84. The third-order valence-electron chi connectivity index (χ3n) is 2.29. The summed E-state index contributed by atoms with van der Waals surface area (Å²) in [6.07, 6.45) is 0.973. The summed E-state index contributed by atoms with van der Waals surface area (Å²) in [5, 5.41) is 3.27. The van der Waals surface area contributed by atoms with Crippen LogP contribution in [0.5, 0.6) is 11.5 Å². The van der Waals surface area contributed by atoms with Gasteiger partial charge in [-0.3, -0.25) is 0 Å². The molecule has 4 nitrogen and oxygen atoms in total. The molecule has 1 rings (SSSR count). The molecule has 0 unspecified atom stereocenters. The molecule has 0 spiro atoms. The van der Waals surface area contributed by atoms with Crippen molar-refractivity contribution < 1.29 is 14.2 Å². The van der Waals surface area contributed by atoms with Crippen molar-refractivity contribution in [3.63, 3.8) is 0 Å². The minimum atomic E-state index is 0.702. The third-order valence-corrected chi connectivity index (χ3v) is 2.29. The van der Waals surface area contributed by atoms with Crippen LogP contribution in [0.15, 0.2) is 24.3 Å². The number of nitrogens with one attached hydrogen (secondary N) is 1. The van der Waals surface area contributed by atoms with E-state index in [0.717, 1.165) is 37.6 Å². The number of ether oxygens (including phenoxy) is 3. The number of benzene rings is 1. The summed E-state index contributed by atoms with van der Waals surface area (Å²) in [6, 6.07) is 7.64. The summed E-state index contributed by atoms with van der Waals surface area (Å²) in [7, 11) is 3.35. The number of hydrogen-bond donors (Lipinski definition) is 1. The largest absolute Gasteiger partial charge is 0.497 e. The lowest BCUT2D eigenvalue weighted by atomic mass is 10.3. The Balaban J connectivity index is 2.09. The van der Waals surface area contributed by atoms with Crippen LogP contribution >= 0.6 is 0 Å². The molecule has 17 heavy (non-hydrogen) atoms.